The van der Waals surface area contributed by atoms with Crippen molar-refractivity contribution >= 4 is 40.6 Å². The number of carbonyl (C=O) groups is 1. The Morgan fingerprint density at radius 3 is 2.81 bits per heavy atom. The van der Waals surface area contributed by atoms with Gasteiger partial charge in [0.25, 0.3) is 0 Å². The number of fused-ring (bicyclic) bond motifs is 1. The van der Waals surface area contributed by atoms with E-state index in [1.165, 1.54) is 0 Å². The lowest BCUT2D eigenvalue weighted by molar-refractivity contribution is -0.131. The quantitative estimate of drug-likeness (QED) is 0.611. The lowest BCUT2D eigenvalue weighted by Gasteiger charge is -2.36. The van der Waals surface area contributed by atoms with Gasteiger partial charge in [-0.25, -0.2) is 0 Å². The van der Waals surface area contributed by atoms with Crippen LogP contribution in [0.1, 0.15) is 6.42 Å². The zero-order chi connectivity index (χ0) is 18.6. The number of anilines is 1. The molecule has 7 nitrogen and oxygen atoms in total. The molecule has 9 heteroatoms. The molecule has 0 unspecified atom stereocenters. The minimum absolute atomic E-state index is 0.193. The Morgan fingerprint density at radius 1 is 1.15 bits per heavy atom. The van der Waals surface area contributed by atoms with Crippen LogP contribution in [0.4, 0.5) is 5.69 Å². The molecular weight excluding hydrogens is 384 g/mol. The minimum atomic E-state index is 0.193. The highest BCUT2D eigenvalue weighted by molar-refractivity contribution is 7.99. The van der Waals surface area contributed by atoms with Crippen molar-refractivity contribution in [3.63, 3.8) is 0 Å². The Labute approximate surface area is 166 Å². The normalized spacial score (nSPS) is 14.7. The van der Waals surface area contributed by atoms with Gasteiger partial charge < -0.3 is 9.80 Å². The highest BCUT2D eigenvalue weighted by Gasteiger charge is 2.21. The van der Waals surface area contributed by atoms with Crippen LogP contribution < -0.4 is 4.90 Å². The molecule has 0 bridgehead atoms. The maximum atomic E-state index is 12.5. The second kappa shape index (κ2) is 8.14. The number of halogens is 1. The molecule has 0 radical (unpaired) electrons. The summed E-state index contributed by atoms with van der Waals surface area (Å²) in [5.74, 6) is 0.896. The SMILES string of the molecule is O=C(CCSc1ccc2nncn2n1)N1CCN(c2cccc(Cl)c2)CC1. The summed E-state index contributed by atoms with van der Waals surface area (Å²) >= 11 is 7.64. The molecule has 4 rings (SSSR count). The van der Waals surface area contributed by atoms with Crippen molar-refractivity contribution in [2.45, 2.75) is 11.4 Å². The van der Waals surface area contributed by atoms with E-state index in [4.69, 9.17) is 11.6 Å². The zero-order valence-corrected chi connectivity index (χ0v) is 16.2. The van der Waals surface area contributed by atoms with Gasteiger partial charge in [0.15, 0.2) is 5.65 Å². The van der Waals surface area contributed by atoms with Crippen molar-refractivity contribution in [1.82, 2.24) is 24.7 Å². The second-order valence-electron chi connectivity index (χ2n) is 6.25. The van der Waals surface area contributed by atoms with Crippen LogP contribution >= 0.6 is 23.4 Å². The summed E-state index contributed by atoms with van der Waals surface area (Å²) in [5.41, 5.74) is 1.83. The first kappa shape index (κ1) is 18.1. The topological polar surface area (TPSA) is 66.6 Å². The lowest BCUT2D eigenvalue weighted by atomic mass is 10.2. The summed E-state index contributed by atoms with van der Waals surface area (Å²) in [6.07, 6.45) is 2.08. The van der Waals surface area contributed by atoms with E-state index in [0.717, 1.165) is 41.9 Å². The highest BCUT2D eigenvalue weighted by atomic mass is 35.5. The molecule has 0 N–H and O–H groups in total. The fourth-order valence-corrected chi connectivity index (χ4v) is 4.06. The van der Waals surface area contributed by atoms with Gasteiger partial charge in [-0.1, -0.05) is 17.7 Å². The van der Waals surface area contributed by atoms with Crippen molar-refractivity contribution in [2.75, 3.05) is 36.8 Å². The van der Waals surface area contributed by atoms with Crippen LogP contribution in [0.25, 0.3) is 5.65 Å². The Morgan fingerprint density at radius 2 is 2.00 bits per heavy atom. The number of hydrogen-bond acceptors (Lipinski definition) is 6. The van der Waals surface area contributed by atoms with Crippen LogP contribution in [0, 0.1) is 0 Å². The predicted octanol–water partition coefficient (Wildman–Crippen LogP) is 2.61. The number of nitrogens with zero attached hydrogens (tertiary/aromatic N) is 6. The summed E-state index contributed by atoms with van der Waals surface area (Å²) in [6.45, 7) is 3.12. The van der Waals surface area contributed by atoms with Crippen molar-refractivity contribution < 1.29 is 4.79 Å². The number of thioether (sulfide) groups is 1. The third-order valence-corrected chi connectivity index (χ3v) is 5.67. The maximum Gasteiger partial charge on any atom is 0.223 e. The van der Waals surface area contributed by atoms with E-state index < -0.39 is 0 Å². The molecule has 0 aliphatic carbocycles. The van der Waals surface area contributed by atoms with E-state index in [9.17, 15) is 4.79 Å². The van der Waals surface area contributed by atoms with Crippen LogP contribution in [0.2, 0.25) is 5.02 Å². The molecule has 0 atom stereocenters. The van der Waals surface area contributed by atoms with Crippen LogP contribution in [-0.2, 0) is 4.79 Å². The number of piperazine rings is 1. The fourth-order valence-electron chi connectivity index (χ4n) is 3.08. The van der Waals surface area contributed by atoms with Gasteiger partial charge in [-0.3, -0.25) is 4.79 Å². The molecule has 27 heavy (non-hydrogen) atoms. The second-order valence-corrected chi connectivity index (χ2v) is 7.80. The molecule has 3 heterocycles. The van der Waals surface area contributed by atoms with E-state index in [2.05, 4.69) is 26.3 Å². The first-order chi connectivity index (χ1) is 13.2. The molecule has 3 aromatic rings. The molecule has 1 aromatic carbocycles. The molecule has 1 fully saturated rings. The maximum absolute atomic E-state index is 12.5. The average molecular weight is 403 g/mol. The smallest absolute Gasteiger partial charge is 0.223 e. The standard InChI is InChI=1S/C18H19ClN6OS/c19-14-2-1-3-15(12-14)23-7-9-24(10-8-23)18(26)6-11-27-17-5-4-16-21-20-13-25(16)22-17/h1-5,12-13H,6-11H2. The van der Waals surface area contributed by atoms with Crippen LogP contribution in [-0.4, -0.2) is 62.6 Å². The number of amides is 1. The molecule has 1 amide bonds. The van der Waals surface area contributed by atoms with Crippen LogP contribution in [0.3, 0.4) is 0 Å². The number of aromatic nitrogens is 4. The molecule has 140 valence electrons. The zero-order valence-electron chi connectivity index (χ0n) is 14.7. The summed E-state index contributed by atoms with van der Waals surface area (Å²) in [7, 11) is 0. The van der Waals surface area contributed by atoms with Gasteiger partial charge in [-0.05, 0) is 30.3 Å². The number of carbonyl (C=O) groups excluding carboxylic acids is 1. The summed E-state index contributed by atoms with van der Waals surface area (Å²) in [5, 5.41) is 13.8. The van der Waals surface area contributed by atoms with E-state index in [-0.39, 0.29) is 5.91 Å². The Hall–Kier alpha value is -2.32. The Kier molecular flexibility index (Phi) is 5.45. The lowest BCUT2D eigenvalue weighted by Crippen LogP contribution is -2.48. The van der Waals surface area contributed by atoms with Crippen molar-refractivity contribution in [3.05, 3.63) is 47.7 Å². The Bertz CT molecular complexity index is 940. The van der Waals surface area contributed by atoms with Gasteiger partial charge in [0, 0.05) is 49.1 Å². The van der Waals surface area contributed by atoms with E-state index in [0.29, 0.717) is 17.8 Å². The molecule has 1 aliphatic heterocycles. The molecule has 1 saturated heterocycles. The van der Waals surface area contributed by atoms with Gasteiger partial charge >= 0.3 is 0 Å². The number of rotatable bonds is 5. The van der Waals surface area contributed by atoms with Gasteiger partial charge in [-0.2, -0.15) is 9.61 Å². The third-order valence-electron chi connectivity index (χ3n) is 4.51. The van der Waals surface area contributed by atoms with E-state index in [1.54, 1.807) is 22.6 Å². The van der Waals surface area contributed by atoms with Gasteiger partial charge in [0.1, 0.15) is 11.4 Å². The molecule has 2 aromatic heterocycles. The molecule has 1 aliphatic rings. The van der Waals surface area contributed by atoms with E-state index in [1.807, 2.05) is 35.2 Å². The third kappa shape index (κ3) is 4.33. The minimum Gasteiger partial charge on any atom is -0.368 e. The molecule has 0 spiro atoms. The molecule has 0 saturated carbocycles. The summed E-state index contributed by atoms with van der Waals surface area (Å²) < 4.78 is 1.64. The Balaban J connectivity index is 1.24. The first-order valence-corrected chi connectivity index (χ1v) is 10.1. The number of benzene rings is 1. The largest absolute Gasteiger partial charge is 0.368 e. The van der Waals surface area contributed by atoms with Gasteiger partial charge in [0.2, 0.25) is 5.91 Å². The monoisotopic (exact) mass is 402 g/mol. The summed E-state index contributed by atoms with van der Waals surface area (Å²) in [4.78, 5) is 16.7. The van der Waals surface area contributed by atoms with Crippen LogP contribution in [0.5, 0.6) is 0 Å². The van der Waals surface area contributed by atoms with E-state index >= 15 is 0 Å². The van der Waals surface area contributed by atoms with Gasteiger partial charge in [0.05, 0.1) is 0 Å². The average Bonchev–Trinajstić information content (AvgIpc) is 3.16. The number of hydrogen-bond donors (Lipinski definition) is 0. The fraction of sp³-hybridized carbons (Fsp3) is 0.333. The van der Waals surface area contributed by atoms with Gasteiger partial charge in [-0.15, -0.1) is 22.0 Å². The highest BCUT2D eigenvalue weighted by Crippen LogP contribution is 2.21. The van der Waals surface area contributed by atoms with Crippen molar-refractivity contribution in [1.29, 1.82) is 0 Å². The summed E-state index contributed by atoms with van der Waals surface area (Å²) in [6, 6.07) is 11.6. The molecular formula is C18H19ClN6OS. The predicted molar refractivity (Wildman–Crippen MR) is 106 cm³/mol. The van der Waals surface area contributed by atoms with Crippen LogP contribution in [0.15, 0.2) is 47.8 Å². The van der Waals surface area contributed by atoms with Crippen molar-refractivity contribution in [3.8, 4) is 0 Å². The first-order valence-electron chi connectivity index (χ1n) is 8.77. The van der Waals surface area contributed by atoms with Crippen molar-refractivity contribution in [2.24, 2.45) is 0 Å².